The van der Waals surface area contributed by atoms with Gasteiger partial charge in [0.25, 0.3) is 0 Å². The van der Waals surface area contributed by atoms with E-state index in [1.165, 1.54) is 25.3 Å². The number of aromatic carboxylic acids is 1. The van der Waals surface area contributed by atoms with Crippen LogP contribution in [0, 0.1) is 11.8 Å². The maximum atomic E-state index is 12.5. The van der Waals surface area contributed by atoms with Crippen LogP contribution in [0.2, 0.25) is 5.82 Å². The van der Waals surface area contributed by atoms with Crippen molar-refractivity contribution in [2.75, 3.05) is 13.1 Å². The number of carbonyl (C=O) groups is 2. The van der Waals surface area contributed by atoms with Gasteiger partial charge < -0.3 is 29.9 Å². The molecule has 3 aliphatic rings. The molecule has 1 aliphatic heterocycles. The molecule has 0 aromatic heterocycles. The number of hydrogen-bond acceptors (Lipinski definition) is 6. The number of aromatic hydroxyl groups is 1. The Balaban J connectivity index is 1.38. The highest BCUT2D eigenvalue weighted by atomic mass is 16.5. The summed E-state index contributed by atoms with van der Waals surface area (Å²) >= 11 is 0. The summed E-state index contributed by atoms with van der Waals surface area (Å²) in [6.45, 7) is 2.64. The molecule has 3 atom stereocenters. The summed E-state index contributed by atoms with van der Waals surface area (Å²) < 4.78 is 5.82. The molecule has 3 unspecified atom stereocenters. The molecule has 8 nitrogen and oxygen atoms in total. The lowest BCUT2D eigenvalue weighted by atomic mass is 9.80. The quantitative estimate of drug-likeness (QED) is 0.488. The lowest BCUT2D eigenvalue weighted by Crippen LogP contribution is -2.56. The number of rotatable bonds is 7. The van der Waals surface area contributed by atoms with E-state index in [9.17, 15) is 29.9 Å². The minimum absolute atomic E-state index is 0.0625. The fourth-order valence-corrected chi connectivity index (χ4v) is 5.27. The van der Waals surface area contributed by atoms with Crippen LogP contribution in [-0.4, -0.2) is 63.3 Å². The predicted molar refractivity (Wildman–Crippen MR) is 113 cm³/mol. The molecule has 1 heterocycles. The van der Waals surface area contributed by atoms with Crippen LogP contribution in [0.3, 0.4) is 0 Å². The fourth-order valence-electron chi connectivity index (χ4n) is 5.27. The number of phenols is 1. The first-order valence-corrected chi connectivity index (χ1v) is 11.2. The Kier molecular flexibility index (Phi) is 6.17. The van der Waals surface area contributed by atoms with Crippen LogP contribution in [0.5, 0.6) is 11.5 Å². The van der Waals surface area contributed by atoms with Gasteiger partial charge in [0.2, 0.25) is 5.91 Å². The van der Waals surface area contributed by atoms with Crippen LogP contribution in [-0.2, 0) is 4.79 Å². The number of carbonyl (C=O) groups excluding carboxylic acids is 1. The van der Waals surface area contributed by atoms with Gasteiger partial charge in [-0.2, -0.15) is 0 Å². The minimum atomic E-state index is -1.52. The smallest absolute Gasteiger partial charge is 0.455 e. The number of hydrogen-bond donors (Lipinski definition) is 4. The molecule has 9 heteroatoms. The zero-order valence-corrected chi connectivity index (χ0v) is 17.7. The van der Waals surface area contributed by atoms with Crippen molar-refractivity contribution >= 4 is 19.0 Å². The van der Waals surface area contributed by atoms with Crippen LogP contribution in [0.25, 0.3) is 0 Å². The summed E-state index contributed by atoms with van der Waals surface area (Å²) in [6, 6.07) is 3.10. The van der Waals surface area contributed by atoms with E-state index in [0.29, 0.717) is 31.0 Å². The molecule has 0 bridgehead atoms. The second-order valence-electron chi connectivity index (χ2n) is 9.30. The molecule has 1 aromatic rings. The van der Waals surface area contributed by atoms with Crippen molar-refractivity contribution in [3.63, 3.8) is 0 Å². The summed E-state index contributed by atoms with van der Waals surface area (Å²) in [7, 11) is -1.52. The Morgan fingerprint density at radius 2 is 1.84 bits per heavy atom. The Morgan fingerprint density at radius 1 is 1.16 bits per heavy atom. The van der Waals surface area contributed by atoms with Gasteiger partial charge in [-0.3, -0.25) is 4.79 Å². The molecule has 1 saturated heterocycles. The maximum Gasteiger partial charge on any atom is 0.455 e. The maximum absolute atomic E-state index is 12.5. The molecular formula is C22H30BNO7. The van der Waals surface area contributed by atoms with E-state index in [4.69, 9.17) is 4.74 Å². The Morgan fingerprint density at radius 3 is 2.42 bits per heavy atom. The fraction of sp³-hybridized carbons (Fsp3) is 0.636. The molecule has 2 aliphatic carbocycles. The van der Waals surface area contributed by atoms with Crippen LogP contribution in [0.1, 0.15) is 67.3 Å². The molecule has 1 aromatic carbocycles. The number of carboxylic acids is 1. The molecule has 1 amide bonds. The largest absolute Gasteiger partial charge is 0.507 e. The van der Waals surface area contributed by atoms with Gasteiger partial charge in [0.05, 0.1) is 13.1 Å². The normalized spacial score (nSPS) is 26.3. The van der Waals surface area contributed by atoms with Gasteiger partial charge in [-0.15, -0.1) is 0 Å². The lowest BCUT2D eigenvalue weighted by Gasteiger charge is -2.40. The zero-order valence-electron chi connectivity index (χ0n) is 17.7. The van der Waals surface area contributed by atoms with Gasteiger partial charge in [-0.05, 0) is 42.2 Å². The van der Waals surface area contributed by atoms with Crippen molar-refractivity contribution in [3.05, 3.63) is 23.3 Å². The van der Waals surface area contributed by atoms with E-state index in [-0.39, 0.29) is 35.2 Å². The van der Waals surface area contributed by atoms with Crippen LogP contribution in [0.4, 0.5) is 0 Å². The third-order valence-corrected chi connectivity index (χ3v) is 7.22. The van der Waals surface area contributed by atoms with Crippen molar-refractivity contribution < 1.29 is 34.6 Å². The van der Waals surface area contributed by atoms with E-state index in [1.807, 2.05) is 6.92 Å². The van der Waals surface area contributed by atoms with Gasteiger partial charge in [-0.1, -0.05) is 32.3 Å². The van der Waals surface area contributed by atoms with Gasteiger partial charge in [0.15, 0.2) is 0 Å². The average Bonchev–Trinajstić information content (AvgIpc) is 3.35. The second kappa shape index (κ2) is 8.71. The van der Waals surface area contributed by atoms with Gasteiger partial charge in [0.1, 0.15) is 23.2 Å². The van der Waals surface area contributed by atoms with Crippen molar-refractivity contribution in [3.8, 4) is 11.5 Å². The third-order valence-electron chi connectivity index (χ3n) is 7.22. The Bertz CT molecular complexity index is 849. The standard InChI is InChI=1S/C22H30BNO7/c1-12-18(20(12)23(29)30)15-7-8-16(19(21(15)26)22(27)28)31-14-10-24(11-14)17(25)9-13-5-3-2-4-6-13/h7-8,12-14,18,20,26,29-30H,2-6,9-11H2,1H3,(H,27,28). The highest BCUT2D eigenvalue weighted by molar-refractivity contribution is 6.45. The summed E-state index contributed by atoms with van der Waals surface area (Å²) in [4.78, 5) is 26.0. The first-order chi connectivity index (χ1) is 14.8. The number of carboxylic acid groups (broad SMARTS) is 1. The van der Waals surface area contributed by atoms with E-state index in [1.54, 1.807) is 11.0 Å². The molecule has 31 heavy (non-hydrogen) atoms. The van der Waals surface area contributed by atoms with Gasteiger partial charge in [-0.25, -0.2) is 4.79 Å². The number of nitrogens with zero attached hydrogens (tertiary/aromatic N) is 1. The zero-order chi connectivity index (χ0) is 22.3. The number of benzene rings is 1. The van der Waals surface area contributed by atoms with Crippen molar-refractivity contribution in [1.82, 2.24) is 4.90 Å². The van der Waals surface area contributed by atoms with Crippen molar-refractivity contribution in [2.24, 2.45) is 11.8 Å². The monoisotopic (exact) mass is 431 g/mol. The SMILES string of the molecule is CC1C(B(O)O)C1c1ccc(OC2CN(C(=O)CC3CCCCC3)C2)c(C(=O)O)c1O. The molecule has 0 radical (unpaired) electrons. The first-order valence-electron chi connectivity index (χ1n) is 11.2. The third kappa shape index (κ3) is 4.39. The topological polar surface area (TPSA) is 128 Å². The molecule has 0 spiro atoms. The molecule has 3 fully saturated rings. The molecular weight excluding hydrogens is 401 g/mol. The lowest BCUT2D eigenvalue weighted by molar-refractivity contribution is -0.141. The van der Waals surface area contributed by atoms with E-state index in [2.05, 4.69) is 0 Å². The molecule has 4 N–H and O–H groups in total. The van der Waals surface area contributed by atoms with Gasteiger partial charge in [0, 0.05) is 12.2 Å². The van der Waals surface area contributed by atoms with E-state index >= 15 is 0 Å². The number of likely N-dealkylation sites (tertiary alicyclic amines) is 1. The Hall–Kier alpha value is -2.26. The van der Waals surface area contributed by atoms with Crippen molar-refractivity contribution in [2.45, 2.75) is 63.3 Å². The first kappa shape index (κ1) is 22.0. The van der Waals surface area contributed by atoms with Crippen molar-refractivity contribution in [1.29, 1.82) is 0 Å². The highest BCUT2D eigenvalue weighted by Crippen LogP contribution is 2.61. The van der Waals surface area contributed by atoms with Crippen LogP contribution < -0.4 is 4.74 Å². The second-order valence-corrected chi connectivity index (χ2v) is 9.30. The summed E-state index contributed by atoms with van der Waals surface area (Å²) in [5.74, 6) is -1.88. The Labute approximate surface area is 182 Å². The van der Waals surface area contributed by atoms with E-state index in [0.717, 1.165) is 12.8 Å². The minimum Gasteiger partial charge on any atom is -0.507 e. The average molecular weight is 431 g/mol. The van der Waals surface area contributed by atoms with Crippen LogP contribution >= 0.6 is 0 Å². The highest BCUT2D eigenvalue weighted by Gasteiger charge is 2.55. The van der Waals surface area contributed by atoms with Crippen LogP contribution in [0.15, 0.2) is 12.1 Å². The summed E-state index contributed by atoms with van der Waals surface area (Å²) in [5, 5.41) is 39.1. The molecule has 2 saturated carbocycles. The molecule has 168 valence electrons. The summed E-state index contributed by atoms with van der Waals surface area (Å²) in [6.07, 6.45) is 6.12. The van der Waals surface area contributed by atoms with E-state index < -0.39 is 24.7 Å². The summed E-state index contributed by atoms with van der Waals surface area (Å²) in [5.41, 5.74) is 0.0583. The van der Waals surface area contributed by atoms with Gasteiger partial charge >= 0.3 is 13.1 Å². The molecule has 4 rings (SSSR count). The number of ether oxygens (including phenoxy) is 1. The number of amides is 1. The predicted octanol–water partition coefficient (Wildman–Crippen LogP) is 2.23.